The number of aliphatic hydroxyl groups is 1. The average molecular weight is 263 g/mol. The minimum Gasteiger partial charge on any atom is -0.389 e. The molecule has 0 radical (unpaired) electrons. The molecular weight excluding hydrogens is 238 g/mol. The van der Waals surface area contributed by atoms with Crippen LogP contribution >= 0.6 is 0 Å². The monoisotopic (exact) mass is 263 g/mol. The van der Waals surface area contributed by atoms with Gasteiger partial charge in [-0.1, -0.05) is 13.3 Å². The van der Waals surface area contributed by atoms with Crippen LogP contribution in [0.4, 0.5) is 0 Å². The first-order valence-corrected chi connectivity index (χ1v) is 7.34. The lowest BCUT2D eigenvalue weighted by Gasteiger charge is -2.36. The van der Waals surface area contributed by atoms with Crippen LogP contribution < -0.4 is 5.32 Å². The predicted octanol–water partition coefficient (Wildman–Crippen LogP) is 2.46. The molecule has 1 aliphatic rings. The predicted molar refractivity (Wildman–Crippen MR) is 75.6 cm³/mol. The van der Waals surface area contributed by atoms with Gasteiger partial charge in [-0.2, -0.15) is 0 Å². The Morgan fingerprint density at radius 2 is 2.16 bits per heavy atom. The van der Waals surface area contributed by atoms with Crippen LogP contribution in [0, 0.1) is 5.92 Å². The second-order valence-corrected chi connectivity index (χ2v) is 5.81. The third-order valence-corrected chi connectivity index (χ3v) is 4.38. The summed E-state index contributed by atoms with van der Waals surface area (Å²) >= 11 is 0. The largest absolute Gasteiger partial charge is 0.389 e. The summed E-state index contributed by atoms with van der Waals surface area (Å²) in [6.45, 7) is 4.94. The lowest BCUT2D eigenvalue weighted by atomic mass is 9.78. The maximum absolute atomic E-state index is 10.6. The highest BCUT2D eigenvalue weighted by atomic mass is 16.3. The van der Waals surface area contributed by atoms with Crippen LogP contribution in [-0.2, 0) is 0 Å². The van der Waals surface area contributed by atoms with Gasteiger partial charge in [0.15, 0.2) is 0 Å². The molecule has 0 spiro atoms. The molecule has 1 saturated carbocycles. The van der Waals surface area contributed by atoms with Gasteiger partial charge in [0, 0.05) is 31.2 Å². The molecule has 1 heterocycles. The molecule has 1 fully saturated rings. The van der Waals surface area contributed by atoms with Crippen molar-refractivity contribution in [1.82, 2.24) is 15.3 Å². The molecule has 0 amide bonds. The van der Waals surface area contributed by atoms with Gasteiger partial charge in [-0.25, -0.2) is 0 Å². The Morgan fingerprint density at radius 1 is 1.42 bits per heavy atom. The number of nitrogens with zero attached hydrogens (tertiary/aromatic N) is 2. The van der Waals surface area contributed by atoms with Gasteiger partial charge in [-0.3, -0.25) is 9.97 Å². The first-order chi connectivity index (χ1) is 9.13. The molecule has 1 aliphatic carbocycles. The van der Waals surface area contributed by atoms with Crippen LogP contribution in [0.15, 0.2) is 18.6 Å². The molecule has 0 aliphatic heterocycles. The number of hydrogen-bond donors (Lipinski definition) is 2. The molecule has 106 valence electrons. The third kappa shape index (κ3) is 3.98. The van der Waals surface area contributed by atoms with Gasteiger partial charge in [0.2, 0.25) is 0 Å². The highest BCUT2D eigenvalue weighted by Crippen LogP contribution is 2.33. The van der Waals surface area contributed by atoms with E-state index >= 15 is 0 Å². The number of nitrogens with one attached hydrogen (secondary N) is 1. The van der Waals surface area contributed by atoms with E-state index in [9.17, 15) is 5.11 Å². The van der Waals surface area contributed by atoms with Crippen molar-refractivity contribution < 1.29 is 5.11 Å². The van der Waals surface area contributed by atoms with E-state index in [1.54, 1.807) is 18.6 Å². The van der Waals surface area contributed by atoms with Crippen LogP contribution in [0.25, 0.3) is 0 Å². The van der Waals surface area contributed by atoms with E-state index < -0.39 is 5.60 Å². The first-order valence-electron chi connectivity index (χ1n) is 7.34. The Kier molecular flexibility index (Phi) is 4.88. The second kappa shape index (κ2) is 6.44. The Morgan fingerprint density at radius 3 is 2.74 bits per heavy atom. The molecule has 2 N–H and O–H groups in total. The number of aromatic nitrogens is 2. The Hall–Kier alpha value is -1.00. The molecular formula is C15H25N3O. The summed E-state index contributed by atoms with van der Waals surface area (Å²) in [4.78, 5) is 8.36. The topological polar surface area (TPSA) is 58.0 Å². The van der Waals surface area contributed by atoms with Crippen LogP contribution in [0.5, 0.6) is 0 Å². The third-order valence-electron chi connectivity index (χ3n) is 4.38. The SMILES string of the molecule is CCC1CCC(O)(CNC(C)c2cnccn2)CC1. The van der Waals surface area contributed by atoms with Crippen LogP contribution in [-0.4, -0.2) is 27.2 Å². The summed E-state index contributed by atoms with van der Waals surface area (Å²) in [7, 11) is 0. The normalized spacial score (nSPS) is 29.1. The molecule has 1 aromatic rings. The molecule has 4 nitrogen and oxygen atoms in total. The second-order valence-electron chi connectivity index (χ2n) is 5.81. The summed E-state index contributed by atoms with van der Waals surface area (Å²) in [6, 6.07) is 0.127. The Bertz CT molecular complexity index is 374. The van der Waals surface area contributed by atoms with Crippen molar-refractivity contribution in [3.05, 3.63) is 24.3 Å². The quantitative estimate of drug-likeness (QED) is 0.857. The van der Waals surface area contributed by atoms with Crippen LogP contribution in [0.1, 0.15) is 57.7 Å². The molecule has 0 bridgehead atoms. The maximum Gasteiger partial charge on any atom is 0.0772 e. The zero-order chi connectivity index (χ0) is 13.7. The van der Waals surface area contributed by atoms with Gasteiger partial charge in [-0.05, 0) is 38.5 Å². The first kappa shape index (κ1) is 14.4. The lowest BCUT2D eigenvalue weighted by molar-refractivity contribution is -0.0104. The molecule has 4 heteroatoms. The number of hydrogen-bond acceptors (Lipinski definition) is 4. The Balaban J connectivity index is 1.82. The molecule has 2 rings (SSSR count). The van der Waals surface area contributed by atoms with E-state index in [1.165, 1.54) is 6.42 Å². The van der Waals surface area contributed by atoms with Gasteiger partial charge >= 0.3 is 0 Å². The van der Waals surface area contributed by atoms with E-state index in [-0.39, 0.29) is 6.04 Å². The van der Waals surface area contributed by atoms with Crippen molar-refractivity contribution in [2.75, 3.05) is 6.54 Å². The van der Waals surface area contributed by atoms with Crippen molar-refractivity contribution in [3.63, 3.8) is 0 Å². The Labute approximate surface area is 115 Å². The maximum atomic E-state index is 10.6. The zero-order valence-electron chi connectivity index (χ0n) is 12.0. The standard InChI is InChI=1S/C15H25N3O/c1-3-13-4-6-15(19,7-5-13)11-18-12(2)14-10-16-8-9-17-14/h8-10,12-13,18-19H,3-7,11H2,1-2H3. The highest BCUT2D eigenvalue weighted by molar-refractivity contribution is 5.01. The van der Waals surface area contributed by atoms with E-state index in [1.807, 2.05) is 0 Å². The fourth-order valence-corrected chi connectivity index (χ4v) is 2.78. The van der Waals surface area contributed by atoms with E-state index in [0.29, 0.717) is 6.54 Å². The van der Waals surface area contributed by atoms with E-state index in [0.717, 1.165) is 37.3 Å². The van der Waals surface area contributed by atoms with Gasteiger partial charge in [0.05, 0.1) is 11.3 Å². The van der Waals surface area contributed by atoms with E-state index in [4.69, 9.17) is 0 Å². The minimum absolute atomic E-state index is 0.127. The van der Waals surface area contributed by atoms with Crippen molar-refractivity contribution in [1.29, 1.82) is 0 Å². The fourth-order valence-electron chi connectivity index (χ4n) is 2.78. The summed E-state index contributed by atoms with van der Waals surface area (Å²) in [6.07, 6.45) is 10.5. The molecule has 0 saturated heterocycles. The number of rotatable bonds is 5. The molecule has 19 heavy (non-hydrogen) atoms. The van der Waals surface area contributed by atoms with Crippen LogP contribution in [0.3, 0.4) is 0 Å². The zero-order valence-corrected chi connectivity index (χ0v) is 12.0. The summed E-state index contributed by atoms with van der Waals surface area (Å²) in [5.74, 6) is 0.803. The van der Waals surface area contributed by atoms with Crippen molar-refractivity contribution in [2.45, 2.75) is 57.6 Å². The van der Waals surface area contributed by atoms with Gasteiger partial charge in [0.1, 0.15) is 0 Å². The van der Waals surface area contributed by atoms with E-state index in [2.05, 4.69) is 29.1 Å². The molecule has 1 unspecified atom stereocenters. The van der Waals surface area contributed by atoms with Gasteiger partial charge in [0.25, 0.3) is 0 Å². The summed E-state index contributed by atoms with van der Waals surface area (Å²) in [5.41, 5.74) is 0.385. The molecule has 1 aromatic heterocycles. The van der Waals surface area contributed by atoms with Gasteiger partial charge in [-0.15, -0.1) is 0 Å². The van der Waals surface area contributed by atoms with Crippen molar-refractivity contribution in [2.24, 2.45) is 5.92 Å². The van der Waals surface area contributed by atoms with Crippen molar-refractivity contribution in [3.8, 4) is 0 Å². The highest BCUT2D eigenvalue weighted by Gasteiger charge is 2.32. The summed E-state index contributed by atoms with van der Waals surface area (Å²) in [5, 5.41) is 14.0. The van der Waals surface area contributed by atoms with Crippen LogP contribution in [0.2, 0.25) is 0 Å². The smallest absolute Gasteiger partial charge is 0.0772 e. The van der Waals surface area contributed by atoms with Crippen molar-refractivity contribution >= 4 is 0 Å². The fraction of sp³-hybridized carbons (Fsp3) is 0.733. The van der Waals surface area contributed by atoms with Gasteiger partial charge < -0.3 is 10.4 Å². The molecule has 1 atom stereocenters. The lowest BCUT2D eigenvalue weighted by Crippen LogP contribution is -2.44. The average Bonchev–Trinajstić information content (AvgIpc) is 2.47. The summed E-state index contributed by atoms with van der Waals surface area (Å²) < 4.78 is 0. The minimum atomic E-state index is -0.540. The molecule has 0 aromatic carbocycles.